The molecule has 1 spiro atoms. The van der Waals surface area contributed by atoms with Crippen LogP contribution in [0.25, 0.3) is 0 Å². The molecule has 0 bridgehead atoms. The second kappa shape index (κ2) is 8.46. The van der Waals surface area contributed by atoms with E-state index in [1.54, 1.807) is 6.07 Å². The molecule has 0 aromatic heterocycles. The molecular formula is C25H26N4O6. The summed E-state index contributed by atoms with van der Waals surface area (Å²) < 4.78 is 6.06. The fourth-order valence-electron chi connectivity index (χ4n) is 5.77. The van der Waals surface area contributed by atoms with E-state index in [1.807, 2.05) is 49.1 Å². The molecule has 182 valence electrons. The first-order chi connectivity index (χ1) is 16.7. The molecule has 3 heterocycles. The van der Waals surface area contributed by atoms with E-state index in [4.69, 9.17) is 4.74 Å². The molecule has 0 saturated carbocycles. The van der Waals surface area contributed by atoms with Crippen LogP contribution < -0.4 is 10.2 Å². The quantitative estimate of drug-likeness (QED) is 0.407. The average molecular weight is 479 g/mol. The fraction of sp³-hybridized carbons (Fsp3) is 0.400. The van der Waals surface area contributed by atoms with Crippen LogP contribution in [0.2, 0.25) is 0 Å². The molecule has 0 radical (unpaired) electrons. The van der Waals surface area contributed by atoms with Crippen LogP contribution >= 0.6 is 0 Å². The van der Waals surface area contributed by atoms with E-state index in [0.29, 0.717) is 18.5 Å². The van der Waals surface area contributed by atoms with Crippen molar-refractivity contribution in [3.8, 4) is 0 Å². The van der Waals surface area contributed by atoms with Crippen molar-refractivity contribution in [2.75, 3.05) is 18.0 Å². The normalized spacial score (nSPS) is 27.9. The summed E-state index contributed by atoms with van der Waals surface area (Å²) in [4.78, 5) is 54.4. The number of hydrogen-bond acceptors (Lipinski definition) is 7. The molecule has 2 aromatic carbocycles. The highest BCUT2D eigenvalue weighted by atomic mass is 16.6. The number of fused-ring (bicyclic) bond motifs is 4. The van der Waals surface area contributed by atoms with E-state index >= 15 is 0 Å². The molecule has 35 heavy (non-hydrogen) atoms. The van der Waals surface area contributed by atoms with Crippen LogP contribution in [0, 0.1) is 15.5 Å². The number of hydrogen-bond donors (Lipinski definition) is 1. The lowest BCUT2D eigenvalue weighted by Gasteiger charge is -2.56. The number of imide groups is 2. The van der Waals surface area contributed by atoms with Crippen LogP contribution in [0.5, 0.6) is 0 Å². The van der Waals surface area contributed by atoms with Gasteiger partial charge in [0.2, 0.25) is 11.8 Å². The Labute approximate surface area is 202 Å². The molecule has 2 saturated heterocycles. The van der Waals surface area contributed by atoms with Crippen LogP contribution in [-0.2, 0) is 27.2 Å². The number of morpholine rings is 1. The number of barbiturate groups is 1. The van der Waals surface area contributed by atoms with Crippen LogP contribution in [0.15, 0.2) is 48.5 Å². The Morgan fingerprint density at radius 3 is 2.60 bits per heavy atom. The first kappa shape index (κ1) is 23.0. The van der Waals surface area contributed by atoms with Gasteiger partial charge in [-0.2, -0.15) is 0 Å². The Hall–Kier alpha value is -3.79. The Balaban J connectivity index is 1.59. The minimum atomic E-state index is -1.66. The van der Waals surface area contributed by atoms with E-state index < -0.39 is 40.3 Å². The van der Waals surface area contributed by atoms with Crippen LogP contribution in [0.1, 0.15) is 25.0 Å². The number of carbonyl (C=O) groups is 3. The third-order valence-electron chi connectivity index (χ3n) is 7.20. The van der Waals surface area contributed by atoms with Gasteiger partial charge in [0.05, 0.1) is 23.2 Å². The van der Waals surface area contributed by atoms with E-state index in [0.717, 1.165) is 16.2 Å². The molecule has 0 unspecified atom stereocenters. The van der Waals surface area contributed by atoms with E-state index in [2.05, 4.69) is 5.32 Å². The van der Waals surface area contributed by atoms with Gasteiger partial charge >= 0.3 is 6.03 Å². The number of amides is 4. The number of benzene rings is 2. The monoisotopic (exact) mass is 478 g/mol. The van der Waals surface area contributed by atoms with Crippen LogP contribution in [0.4, 0.5) is 16.2 Å². The number of nitrogens with zero attached hydrogens (tertiary/aromatic N) is 3. The van der Waals surface area contributed by atoms with Gasteiger partial charge in [-0.1, -0.05) is 30.3 Å². The zero-order chi connectivity index (χ0) is 24.9. The largest absolute Gasteiger partial charge is 0.372 e. The van der Waals surface area contributed by atoms with Gasteiger partial charge in [-0.3, -0.25) is 29.9 Å². The molecule has 5 rings (SSSR count). The van der Waals surface area contributed by atoms with Crippen molar-refractivity contribution in [3.05, 3.63) is 69.8 Å². The third-order valence-corrected chi connectivity index (χ3v) is 7.20. The van der Waals surface area contributed by atoms with E-state index in [-0.39, 0.29) is 24.8 Å². The highest BCUT2D eigenvalue weighted by molar-refractivity contribution is 6.20. The maximum atomic E-state index is 14.1. The van der Waals surface area contributed by atoms with Gasteiger partial charge in [-0.25, -0.2) is 4.79 Å². The van der Waals surface area contributed by atoms with Crippen LogP contribution in [0.3, 0.4) is 0 Å². The summed E-state index contributed by atoms with van der Waals surface area (Å²) >= 11 is 0. The number of nitro groups is 1. The van der Waals surface area contributed by atoms with Crippen molar-refractivity contribution in [1.29, 1.82) is 0 Å². The maximum absolute atomic E-state index is 14.1. The third kappa shape index (κ3) is 3.65. The van der Waals surface area contributed by atoms with Crippen molar-refractivity contribution in [2.45, 2.75) is 44.9 Å². The summed E-state index contributed by atoms with van der Waals surface area (Å²) in [6, 6.07) is 12.5. The predicted octanol–water partition coefficient (Wildman–Crippen LogP) is 2.44. The number of nitrogens with one attached hydrogen (secondary N) is 1. The number of nitro benzene ring substituents is 1. The Morgan fingerprint density at radius 1 is 1.14 bits per heavy atom. The molecule has 3 aliphatic heterocycles. The van der Waals surface area contributed by atoms with Gasteiger partial charge in [0.15, 0.2) is 5.41 Å². The average Bonchev–Trinajstić information content (AvgIpc) is 2.82. The summed E-state index contributed by atoms with van der Waals surface area (Å²) in [6.07, 6.45) is -0.311. The highest BCUT2D eigenvalue weighted by Crippen LogP contribution is 2.48. The summed E-state index contributed by atoms with van der Waals surface area (Å²) in [6.45, 7) is 4.22. The Kier molecular flexibility index (Phi) is 5.55. The van der Waals surface area contributed by atoms with Crippen molar-refractivity contribution < 1.29 is 24.0 Å². The number of anilines is 1. The number of ether oxygens (including phenoxy) is 1. The lowest BCUT2D eigenvalue weighted by molar-refractivity contribution is -0.384. The molecule has 3 aliphatic rings. The van der Waals surface area contributed by atoms with E-state index in [1.165, 1.54) is 12.1 Å². The molecular weight excluding hydrogens is 452 g/mol. The lowest BCUT2D eigenvalue weighted by Crippen LogP contribution is -2.75. The minimum absolute atomic E-state index is 0.0625. The van der Waals surface area contributed by atoms with Gasteiger partial charge in [0, 0.05) is 37.3 Å². The first-order valence-electron chi connectivity index (χ1n) is 11.6. The van der Waals surface area contributed by atoms with Gasteiger partial charge in [0.25, 0.3) is 5.69 Å². The Morgan fingerprint density at radius 2 is 1.89 bits per heavy atom. The number of non-ortho nitro benzene ring substituents is 1. The zero-order valence-corrected chi connectivity index (χ0v) is 19.5. The van der Waals surface area contributed by atoms with E-state index in [9.17, 15) is 24.5 Å². The van der Waals surface area contributed by atoms with Crippen molar-refractivity contribution in [3.63, 3.8) is 0 Å². The predicted molar refractivity (Wildman–Crippen MR) is 126 cm³/mol. The number of rotatable bonds is 4. The Bertz CT molecular complexity index is 1220. The van der Waals surface area contributed by atoms with Gasteiger partial charge in [-0.15, -0.1) is 0 Å². The van der Waals surface area contributed by atoms with Crippen LogP contribution in [-0.4, -0.2) is 59.0 Å². The number of urea groups is 1. The molecule has 2 fully saturated rings. The molecule has 10 nitrogen and oxygen atoms in total. The molecule has 4 atom stereocenters. The lowest BCUT2D eigenvalue weighted by atomic mass is 9.66. The van der Waals surface area contributed by atoms with Crippen molar-refractivity contribution in [1.82, 2.24) is 10.2 Å². The summed E-state index contributed by atoms with van der Waals surface area (Å²) in [5.74, 6) is -1.29. The molecule has 10 heteroatoms. The molecule has 1 N–H and O–H groups in total. The second-order valence-electron chi connectivity index (χ2n) is 9.42. The smallest absolute Gasteiger partial charge is 0.330 e. The topological polar surface area (TPSA) is 122 Å². The van der Waals surface area contributed by atoms with Gasteiger partial charge in [0.1, 0.15) is 0 Å². The molecule has 2 aromatic rings. The zero-order valence-electron chi connectivity index (χ0n) is 19.5. The second-order valence-corrected chi connectivity index (χ2v) is 9.42. The van der Waals surface area contributed by atoms with Crippen molar-refractivity contribution in [2.24, 2.45) is 5.41 Å². The van der Waals surface area contributed by atoms with Gasteiger partial charge in [-0.05, 0) is 37.5 Å². The summed E-state index contributed by atoms with van der Waals surface area (Å²) in [5, 5.41) is 13.9. The molecule has 0 aliphatic carbocycles. The molecule has 4 amide bonds. The summed E-state index contributed by atoms with van der Waals surface area (Å²) in [5.41, 5.74) is 0.437. The van der Waals surface area contributed by atoms with Crippen molar-refractivity contribution >= 4 is 29.2 Å². The SMILES string of the molecule is C[C@@H]1CN2c3ccc([N+](=O)[O-])cc3C[C@]3(C(=O)NC(=O)N(CCc4ccccc4)C3=O)[C@@H]2[C@H](C)O1. The fourth-order valence-corrected chi connectivity index (χ4v) is 5.77. The highest BCUT2D eigenvalue weighted by Gasteiger charge is 2.64. The van der Waals surface area contributed by atoms with Gasteiger partial charge < -0.3 is 9.64 Å². The minimum Gasteiger partial charge on any atom is -0.372 e. The maximum Gasteiger partial charge on any atom is 0.330 e. The number of carbonyl (C=O) groups excluding carboxylic acids is 3. The first-order valence-corrected chi connectivity index (χ1v) is 11.6. The summed E-state index contributed by atoms with van der Waals surface area (Å²) in [7, 11) is 0. The standard InChI is InChI=1S/C25H26N4O6/c1-15-14-28-20-9-8-19(29(33)34)12-18(20)13-25(21(28)16(2)35-15)22(30)26-24(32)27(23(25)31)11-10-17-6-4-3-5-7-17/h3-9,12,15-16,21H,10-11,13-14H2,1-2H3,(H,26,30,32)/t15-,16+,21+,25-/m1/s1.